The third kappa shape index (κ3) is 6.89. The van der Waals surface area contributed by atoms with Crippen molar-refractivity contribution in [1.29, 1.82) is 0 Å². The summed E-state index contributed by atoms with van der Waals surface area (Å²) in [5.74, 6) is 2.37. The van der Waals surface area contributed by atoms with E-state index in [2.05, 4.69) is 40.5 Å². The van der Waals surface area contributed by atoms with Crippen LogP contribution < -0.4 is 14.8 Å². The topological polar surface area (TPSA) is 63.9 Å². The van der Waals surface area contributed by atoms with Gasteiger partial charge in [0.25, 0.3) is 5.91 Å². The molecule has 1 N–H and O–H groups in total. The largest absolute Gasteiger partial charge is 0.493 e. The van der Waals surface area contributed by atoms with Gasteiger partial charge in [-0.25, -0.2) is 0 Å². The van der Waals surface area contributed by atoms with Crippen LogP contribution in [0.15, 0.2) is 65.1 Å². The van der Waals surface area contributed by atoms with Crippen molar-refractivity contribution in [2.75, 3.05) is 20.8 Å². The Balaban J connectivity index is 1.34. The highest BCUT2D eigenvalue weighted by Gasteiger charge is 2.23. The summed E-state index contributed by atoms with van der Waals surface area (Å²) < 4.78 is 16.6. The molecule has 4 rings (SSSR count). The minimum absolute atomic E-state index is 0.191. The lowest BCUT2D eigenvalue weighted by Crippen LogP contribution is -2.35. The van der Waals surface area contributed by atoms with Crippen LogP contribution in [0.3, 0.4) is 0 Å². The van der Waals surface area contributed by atoms with Gasteiger partial charge in [0, 0.05) is 19.1 Å². The lowest BCUT2D eigenvalue weighted by Gasteiger charge is -2.33. The van der Waals surface area contributed by atoms with Gasteiger partial charge in [0.1, 0.15) is 5.76 Å². The van der Waals surface area contributed by atoms with Crippen molar-refractivity contribution in [1.82, 2.24) is 10.2 Å². The average Bonchev–Trinajstić information content (AvgIpc) is 3.38. The van der Waals surface area contributed by atoms with E-state index >= 15 is 0 Å². The summed E-state index contributed by atoms with van der Waals surface area (Å²) in [6, 6.07) is 20.6. The van der Waals surface area contributed by atoms with Crippen molar-refractivity contribution in [3.8, 4) is 11.5 Å². The fourth-order valence-corrected chi connectivity index (χ4v) is 4.81. The molecule has 0 saturated heterocycles. The van der Waals surface area contributed by atoms with E-state index < -0.39 is 0 Å². The normalized spacial score (nSPS) is 14.1. The Morgan fingerprint density at radius 1 is 0.914 bits per heavy atom. The van der Waals surface area contributed by atoms with Gasteiger partial charge in [0.2, 0.25) is 0 Å². The standard InChI is InChI=1S/C29H36N2O4/c1-33-26-15-13-22(19-28(26)34-2)17-18-30-29(32)27-16-14-25(35-27)21-31(24-11-7-4-8-12-24)20-23-9-5-3-6-10-23/h3,5-6,9-10,13-16,19,24H,4,7-8,11-12,17-18,20-21H2,1-2H3,(H,30,32). The Labute approximate surface area is 208 Å². The van der Waals surface area contributed by atoms with E-state index in [1.165, 1.54) is 37.7 Å². The molecule has 1 aliphatic rings. The zero-order valence-electron chi connectivity index (χ0n) is 20.8. The fourth-order valence-electron chi connectivity index (χ4n) is 4.81. The van der Waals surface area contributed by atoms with Crippen LogP contribution in [-0.2, 0) is 19.5 Å². The smallest absolute Gasteiger partial charge is 0.287 e. The van der Waals surface area contributed by atoms with Gasteiger partial charge in [0.05, 0.1) is 20.8 Å². The Kier molecular flexibility index (Phi) is 8.85. The van der Waals surface area contributed by atoms with Gasteiger partial charge < -0.3 is 19.2 Å². The highest BCUT2D eigenvalue weighted by Crippen LogP contribution is 2.28. The molecule has 1 aliphatic carbocycles. The van der Waals surface area contributed by atoms with Crippen LogP contribution in [0, 0.1) is 0 Å². The first-order valence-corrected chi connectivity index (χ1v) is 12.5. The molecule has 1 saturated carbocycles. The van der Waals surface area contributed by atoms with Gasteiger partial charge in [-0.15, -0.1) is 0 Å². The molecule has 6 heteroatoms. The number of rotatable bonds is 11. The number of carbonyl (C=O) groups is 1. The minimum atomic E-state index is -0.191. The summed E-state index contributed by atoms with van der Waals surface area (Å²) >= 11 is 0. The highest BCUT2D eigenvalue weighted by atomic mass is 16.5. The van der Waals surface area contributed by atoms with Crippen molar-refractivity contribution in [3.05, 3.63) is 83.3 Å². The second-order valence-corrected chi connectivity index (χ2v) is 9.14. The summed E-state index contributed by atoms with van der Waals surface area (Å²) in [6.45, 7) is 2.10. The average molecular weight is 477 g/mol. The first kappa shape index (κ1) is 24.9. The fraction of sp³-hybridized carbons (Fsp3) is 0.414. The number of amides is 1. The maximum Gasteiger partial charge on any atom is 0.287 e. The molecule has 0 aliphatic heterocycles. The number of methoxy groups -OCH3 is 2. The zero-order valence-corrected chi connectivity index (χ0v) is 20.8. The molecular formula is C29H36N2O4. The molecule has 35 heavy (non-hydrogen) atoms. The molecule has 1 aromatic heterocycles. The van der Waals surface area contributed by atoms with Crippen LogP contribution in [0.2, 0.25) is 0 Å². The van der Waals surface area contributed by atoms with E-state index in [0.717, 1.165) is 17.9 Å². The van der Waals surface area contributed by atoms with E-state index in [1.807, 2.05) is 24.3 Å². The molecule has 6 nitrogen and oxygen atoms in total. The van der Waals surface area contributed by atoms with Gasteiger partial charge in [-0.1, -0.05) is 55.7 Å². The number of hydrogen-bond donors (Lipinski definition) is 1. The monoisotopic (exact) mass is 476 g/mol. The van der Waals surface area contributed by atoms with Crippen LogP contribution in [0.4, 0.5) is 0 Å². The third-order valence-electron chi connectivity index (χ3n) is 6.71. The lowest BCUT2D eigenvalue weighted by atomic mass is 9.93. The van der Waals surface area contributed by atoms with E-state index in [1.54, 1.807) is 20.3 Å². The van der Waals surface area contributed by atoms with E-state index in [0.29, 0.717) is 42.8 Å². The summed E-state index contributed by atoms with van der Waals surface area (Å²) in [7, 11) is 3.23. The molecule has 0 spiro atoms. The first-order chi connectivity index (χ1) is 17.2. The van der Waals surface area contributed by atoms with Crippen LogP contribution in [-0.4, -0.2) is 37.6 Å². The van der Waals surface area contributed by atoms with E-state index in [4.69, 9.17) is 13.9 Å². The SMILES string of the molecule is COc1ccc(CCNC(=O)c2ccc(CN(Cc3ccccc3)C3CCCCC3)o2)cc1OC. The predicted molar refractivity (Wildman–Crippen MR) is 137 cm³/mol. The Morgan fingerprint density at radius 2 is 1.69 bits per heavy atom. The van der Waals surface area contributed by atoms with Gasteiger partial charge in [0.15, 0.2) is 17.3 Å². The van der Waals surface area contributed by atoms with Gasteiger partial charge >= 0.3 is 0 Å². The van der Waals surface area contributed by atoms with Crippen molar-refractivity contribution >= 4 is 5.91 Å². The van der Waals surface area contributed by atoms with Crippen LogP contribution in [0.5, 0.6) is 11.5 Å². The molecular weight excluding hydrogens is 440 g/mol. The summed E-state index contributed by atoms with van der Waals surface area (Å²) in [5, 5.41) is 2.97. The quantitative estimate of drug-likeness (QED) is 0.390. The second-order valence-electron chi connectivity index (χ2n) is 9.14. The third-order valence-corrected chi connectivity index (χ3v) is 6.71. The number of nitrogens with zero attached hydrogens (tertiary/aromatic N) is 1. The van der Waals surface area contributed by atoms with Crippen molar-refractivity contribution < 1.29 is 18.7 Å². The number of benzene rings is 2. The lowest BCUT2D eigenvalue weighted by molar-refractivity contribution is 0.0916. The number of carbonyl (C=O) groups excluding carboxylic acids is 1. The molecule has 3 aromatic rings. The predicted octanol–water partition coefficient (Wildman–Crippen LogP) is 5.60. The van der Waals surface area contributed by atoms with Crippen molar-refractivity contribution in [2.45, 2.75) is 57.7 Å². The molecule has 0 radical (unpaired) electrons. The Morgan fingerprint density at radius 3 is 2.43 bits per heavy atom. The molecule has 186 valence electrons. The van der Waals surface area contributed by atoms with Gasteiger partial charge in [-0.05, 0) is 54.7 Å². The van der Waals surface area contributed by atoms with E-state index in [9.17, 15) is 4.79 Å². The molecule has 1 fully saturated rings. The number of furan rings is 1. The number of ether oxygens (including phenoxy) is 2. The molecule has 0 atom stereocenters. The molecule has 2 aromatic carbocycles. The number of hydrogen-bond acceptors (Lipinski definition) is 5. The molecule has 1 amide bonds. The van der Waals surface area contributed by atoms with Crippen LogP contribution >= 0.6 is 0 Å². The highest BCUT2D eigenvalue weighted by molar-refractivity contribution is 5.91. The second kappa shape index (κ2) is 12.5. The Bertz CT molecular complexity index is 1070. The molecule has 1 heterocycles. The van der Waals surface area contributed by atoms with Gasteiger partial charge in [-0.3, -0.25) is 9.69 Å². The molecule has 0 unspecified atom stereocenters. The van der Waals surface area contributed by atoms with E-state index in [-0.39, 0.29) is 5.91 Å². The van der Waals surface area contributed by atoms with Crippen LogP contribution in [0.25, 0.3) is 0 Å². The first-order valence-electron chi connectivity index (χ1n) is 12.5. The maximum absolute atomic E-state index is 12.7. The maximum atomic E-state index is 12.7. The van der Waals surface area contributed by atoms with Crippen molar-refractivity contribution in [3.63, 3.8) is 0 Å². The summed E-state index contributed by atoms with van der Waals surface area (Å²) in [5.41, 5.74) is 2.37. The summed E-state index contributed by atoms with van der Waals surface area (Å²) in [6.07, 6.45) is 7.01. The summed E-state index contributed by atoms with van der Waals surface area (Å²) in [4.78, 5) is 15.2. The number of nitrogens with one attached hydrogen (secondary N) is 1. The Hall–Kier alpha value is -3.25. The molecule has 0 bridgehead atoms. The zero-order chi connectivity index (χ0) is 24.5. The minimum Gasteiger partial charge on any atom is -0.493 e. The van der Waals surface area contributed by atoms with Gasteiger partial charge in [-0.2, -0.15) is 0 Å². The van der Waals surface area contributed by atoms with Crippen LogP contribution in [0.1, 0.15) is 59.5 Å². The van der Waals surface area contributed by atoms with Crippen molar-refractivity contribution in [2.24, 2.45) is 0 Å².